The fraction of sp³-hybridized carbons (Fsp3) is 0.478. The molecule has 4 heteroatoms. The standard InChI is InChI=1S/C23H33O3P/c1-4-5-6-7-8-9-13-18-25-27(24)26-22-17-16-19(2)23(20(22)3)21-14-11-10-12-15-21/h10-12,14-17,24H,4-9,13,18H2,1-3H3. The van der Waals surface area contributed by atoms with Crippen molar-refractivity contribution in [2.24, 2.45) is 0 Å². The molecule has 0 amide bonds. The number of rotatable bonds is 12. The number of unbranched alkanes of at least 4 members (excludes halogenated alkanes) is 6. The van der Waals surface area contributed by atoms with Gasteiger partial charge in [-0.2, -0.15) is 0 Å². The van der Waals surface area contributed by atoms with Crippen molar-refractivity contribution in [1.82, 2.24) is 0 Å². The molecule has 148 valence electrons. The third-order valence-corrected chi connectivity index (χ3v) is 5.57. The van der Waals surface area contributed by atoms with Gasteiger partial charge in [0.1, 0.15) is 5.75 Å². The highest BCUT2D eigenvalue weighted by Gasteiger charge is 2.15. The van der Waals surface area contributed by atoms with Gasteiger partial charge in [-0.3, -0.25) is 0 Å². The molecular weight excluding hydrogens is 355 g/mol. The zero-order valence-corrected chi connectivity index (χ0v) is 17.8. The van der Waals surface area contributed by atoms with Crippen LogP contribution in [-0.2, 0) is 4.52 Å². The van der Waals surface area contributed by atoms with Crippen LogP contribution in [0, 0.1) is 13.8 Å². The first-order chi connectivity index (χ1) is 13.1. The van der Waals surface area contributed by atoms with Crippen LogP contribution in [0.3, 0.4) is 0 Å². The van der Waals surface area contributed by atoms with E-state index in [9.17, 15) is 4.89 Å². The summed E-state index contributed by atoms with van der Waals surface area (Å²) in [4.78, 5) is 10.2. The molecule has 0 saturated heterocycles. The molecule has 0 bridgehead atoms. The fourth-order valence-corrected chi connectivity index (χ4v) is 3.99. The van der Waals surface area contributed by atoms with E-state index in [1.165, 1.54) is 37.7 Å². The van der Waals surface area contributed by atoms with Crippen LogP contribution in [0.5, 0.6) is 5.75 Å². The van der Waals surface area contributed by atoms with Crippen LogP contribution in [0.1, 0.15) is 63.0 Å². The van der Waals surface area contributed by atoms with Gasteiger partial charge < -0.3 is 13.9 Å². The van der Waals surface area contributed by atoms with Crippen LogP contribution >= 0.6 is 8.60 Å². The van der Waals surface area contributed by atoms with Crippen molar-refractivity contribution in [2.45, 2.75) is 65.7 Å². The molecule has 2 aromatic carbocycles. The zero-order chi connectivity index (χ0) is 19.5. The highest BCUT2D eigenvalue weighted by molar-refractivity contribution is 7.41. The molecule has 0 radical (unpaired) electrons. The molecule has 2 rings (SSSR count). The second kappa shape index (κ2) is 12.1. The third kappa shape index (κ3) is 7.25. The SMILES string of the molecule is CCCCCCCCCOP(O)Oc1ccc(C)c(-c2ccccc2)c1C. The van der Waals surface area contributed by atoms with Crippen molar-refractivity contribution in [1.29, 1.82) is 0 Å². The lowest BCUT2D eigenvalue weighted by atomic mass is 9.95. The second-order valence-corrected chi connectivity index (χ2v) is 7.95. The Hall–Kier alpha value is -1.41. The van der Waals surface area contributed by atoms with Gasteiger partial charge in [-0.05, 0) is 48.6 Å². The largest absolute Gasteiger partial charge is 0.427 e. The monoisotopic (exact) mass is 388 g/mol. The van der Waals surface area contributed by atoms with Crippen LogP contribution in [-0.4, -0.2) is 11.5 Å². The maximum Gasteiger partial charge on any atom is 0.394 e. The van der Waals surface area contributed by atoms with Crippen LogP contribution in [0.15, 0.2) is 42.5 Å². The van der Waals surface area contributed by atoms with Gasteiger partial charge in [0.05, 0.1) is 6.61 Å². The molecule has 0 aliphatic heterocycles. The Kier molecular flexibility index (Phi) is 9.83. The average molecular weight is 388 g/mol. The van der Waals surface area contributed by atoms with E-state index in [4.69, 9.17) is 9.05 Å². The Labute approximate surface area is 165 Å². The van der Waals surface area contributed by atoms with Crippen molar-refractivity contribution in [3.63, 3.8) is 0 Å². The van der Waals surface area contributed by atoms with E-state index >= 15 is 0 Å². The Morgan fingerprint density at radius 2 is 1.52 bits per heavy atom. The van der Waals surface area contributed by atoms with Gasteiger partial charge in [0.25, 0.3) is 0 Å². The Morgan fingerprint density at radius 3 is 2.22 bits per heavy atom. The average Bonchev–Trinajstić information content (AvgIpc) is 2.67. The van der Waals surface area contributed by atoms with E-state index in [1.54, 1.807) is 0 Å². The smallest absolute Gasteiger partial charge is 0.394 e. The van der Waals surface area contributed by atoms with E-state index < -0.39 is 8.60 Å². The van der Waals surface area contributed by atoms with Crippen LogP contribution < -0.4 is 4.52 Å². The second-order valence-electron chi connectivity index (χ2n) is 7.03. The summed E-state index contributed by atoms with van der Waals surface area (Å²) in [5, 5.41) is 0. The molecule has 0 aliphatic carbocycles. The topological polar surface area (TPSA) is 38.7 Å². The molecule has 0 fully saturated rings. The van der Waals surface area contributed by atoms with E-state index in [0.717, 1.165) is 29.5 Å². The van der Waals surface area contributed by atoms with Crippen molar-refractivity contribution < 1.29 is 13.9 Å². The molecule has 0 heterocycles. The summed E-state index contributed by atoms with van der Waals surface area (Å²) in [5.41, 5.74) is 4.53. The van der Waals surface area contributed by atoms with Gasteiger partial charge >= 0.3 is 8.60 Å². The van der Waals surface area contributed by atoms with Crippen molar-refractivity contribution >= 4 is 8.60 Å². The van der Waals surface area contributed by atoms with E-state index in [-0.39, 0.29) is 0 Å². The molecular formula is C23H33O3P. The zero-order valence-electron chi connectivity index (χ0n) is 16.9. The van der Waals surface area contributed by atoms with Crippen molar-refractivity contribution in [2.75, 3.05) is 6.61 Å². The predicted molar refractivity (Wildman–Crippen MR) is 115 cm³/mol. The van der Waals surface area contributed by atoms with E-state index in [1.807, 2.05) is 37.3 Å². The molecule has 0 saturated carbocycles. The Balaban J connectivity index is 1.83. The summed E-state index contributed by atoms with van der Waals surface area (Å²) in [6, 6.07) is 14.2. The molecule has 1 atom stereocenters. The van der Waals surface area contributed by atoms with E-state index in [2.05, 4.69) is 26.0 Å². The van der Waals surface area contributed by atoms with Gasteiger partial charge in [-0.25, -0.2) is 0 Å². The number of hydrogen-bond donors (Lipinski definition) is 1. The molecule has 2 aromatic rings. The quantitative estimate of drug-likeness (QED) is 0.305. The first-order valence-corrected chi connectivity index (χ1v) is 11.2. The Bertz CT molecular complexity index is 673. The summed E-state index contributed by atoms with van der Waals surface area (Å²) in [6.07, 6.45) is 8.58. The summed E-state index contributed by atoms with van der Waals surface area (Å²) in [7, 11) is -1.89. The van der Waals surface area contributed by atoms with Crippen LogP contribution in [0.2, 0.25) is 0 Å². The molecule has 3 nitrogen and oxygen atoms in total. The lowest BCUT2D eigenvalue weighted by molar-refractivity contribution is 0.253. The van der Waals surface area contributed by atoms with Gasteiger partial charge in [-0.1, -0.05) is 81.8 Å². The van der Waals surface area contributed by atoms with E-state index in [0.29, 0.717) is 12.4 Å². The van der Waals surface area contributed by atoms with Gasteiger partial charge in [-0.15, -0.1) is 0 Å². The maximum atomic E-state index is 10.2. The fourth-order valence-electron chi connectivity index (χ4n) is 3.29. The minimum Gasteiger partial charge on any atom is -0.427 e. The molecule has 0 spiro atoms. The molecule has 1 unspecified atom stereocenters. The molecule has 1 N–H and O–H groups in total. The summed E-state index contributed by atoms with van der Waals surface area (Å²) < 4.78 is 11.2. The number of benzene rings is 2. The third-order valence-electron chi connectivity index (χ3n) is 4.81. The maximum absolute atomic E-state index is 10.2. The molecule has 0 aromatic heterocycles. The minimum atomic E-state index is -1.89. The van der Waals surface area contributed by atoms with Gasteiger partial charge in [0.2, 0.25) is 0 Å². The van der Waals surface area contributed by atoms with Gasteiger partial charge in [0.15, 0.2) is 0 Å². The number of aryl methyl sites for hydroxylation is 1. The normalized spacial score (nSPS) is 12.1. The van der Waals surface area contributed by atoms with Crippen LogP contribution in [0.25, 0.3) is 11.1 Å². The summed E-state index contributed by atoms with van der Waals surface area (Å²) >= 11 is 0. The Morgan fingerprint density at radius 1 is 0.852 bits per heavy atom. The number of hydrogen-bond acceptors (Lipinski definition) is 3. The molecule has 27 heavy (non-hydrogen) atoms. The predicted octanol–water partition coefficient (Wildman–Crippen LogP) is 7.34. The molecule has 0 aliphatic rings. The highest BCUT2D eigenvalue weighted by atomic mass is 31.2. The lowest BCUT2D eigenvalue weighted by Gasteiger charge is -2.17. The first kappa shape index (κ1) is 21.9. The highest BCUT2D eigenvalue weighted by Crippen LogP contribution is 2.40. The summed E-state index contributed by atoms with van der Waals surface area (Å²) in [6.45, 7) is 6.91. The summed E-state index contributed by atoms with van der Waals surface area (Å²) in [5.74, 6) is 0.688. The van der Waals surface area contributed by atoms with Crippen LogP contribution in [0.4, 0.5) is 0 Å². The first-order valence-electron chi connectivity index (χ1n) is 10.1. The van der Waals surface area contributed by atoms with Crippen molar-refractivity contribution in [3.8, 4) is 16.9 Å². The lowest BCUT2D eigenvalue weighted by Crippen LogP contribution is -1.98. The van der Waals surface area contributed by atoms with Crippen molar-refractivity contribution in [3.05, 3.63) is 53.6 Å². The van der Waals surface area contributed by atoms with Gasteiger partial charge in [0, 0.05) is 0 Å². The minimum absolute atomic E-state index is 0.548.